The highest BCUT2D eigenvalue weighted by Gasteiger charge is 2.16. The molecule has 1 aromatic carbocycles. The summed E-state index contributed by atoms with van der Waals surface area (Å²) in [5, 5.41) is 2.44. The van der Waals surface area contributed by atoms with Crippen molar-refractivity contribution in [3.8, 4) is 0 Å². The number of aromatic nitrogens is 1. The second-order valence-corrected chi connectivity index (χ2v) is 7.32. The Balaban J connectivity index is 1.61. The lowest BCUT2D eigenvalue weighted by Crippen LogP contribution is -2.21. The fourth-order valence-corrected chi connectivity index (χ4v) is 2.90. The molecule has 1 N–H and O–H groups in total. The number of esters is 1. The Bertz CT molecular complexity index is 705. The Morgan fingerprint density at radius 1 is 1.15 bits per heavy atom. The lowest BCUT2D eigenvalue weighted by Gasteiger charge is -2.11. The van der Waals surface area contributed by atoms with E-state index in [0.717, 1.165) is 24.1 Å². The van der Waals surface area contributed by atoms with Crippen LogP contribution in [-0.2, 0) is 20.7 Å². The van der Waals surface area contributed by atoms with E-state index in [1.165, 1.54) is 17.3 Å². The smallest absolute Gasteiger partial charge is 0.318 e. The highest BCUT2D eigenvalue weighted by atomic mass is 32.2. The van der Waals surface area contributed by atoms with E-state index < -0.39 is 0 Å². The second kappa shape index (κ2) is 10.6. The fraction of sp³-hybridized carbons (Fsp3) is 0.350. The predicted molar refractivity (Wildman–Crippen MR) is 105 cm³/mol. The molecule has 0 saturated carbocycles. The van der Waals surface area contributed by atoms with Crippen LogP contribution in [0.15, 0.2) is 48.8 Å². The molecule has 5 nitrogen and oxygen atoms in total. The van der Waals surface area contributed by atoms with Gasteiger partial charge in [0.15, 0.2) is 0 Å². The van der Waals surface area contributed by atoms with Crippen molar-refractivity contribution in [1.82, 2.24) is 4.98 Å². The molecule has 0 aliphatic carbocycles. The van der Waals surface area contributed by atoms with Gasteiger partial charge in [-0.25, -0.2) is 0 Å². The zero-order chi connectivity index (χ0) is 18.8. The summed E-state index contributed by atoms with van der Waals surface area (Å²) in [6, 6.07) is 11.5. The number of hydrogen-bond acceptors (Lipinski definition) is 5. The number of hydrogen-bond donors (Lipinski definition) is 1. The van der Waals surface area contributed by atoms with E-state index >= 15 is 0 Å². The van der Waals surface area contributed by atoms with Gasteiger partial charge >= 0.3 is 5.97 Å². The van der Waals surface area contributed by atoms with E-state index in [9.17, 15) is 9.59 Å². The quantitative estimate of drug-likeness (QED) is 0.538. The summed E-state index contributed by atoms with van der Waals surface area (Å²) >= 11 is 1.27. The molecule has 1 heterocycles. The molecule has 0 bridgehead atoms. The first kappa shape index (κ1) is 20.0. The molecule has 2 aromatic rings. The van der Waals surface area contributed by atoms with Crippen molar-refractivity contribution in [3.05, 3.63) is 59.9 Å². The Hall–Kier alpha value is -2.34. The number of rotatable bonds is 9. The van der Waals surface area contributed by atoms with Crippen molar-refractivity contribution in [3.63, 3.8) is 0 Å². The topological polar surface area (TPSA) is 68.3 Å². The van der Waals surface area contributed by atoms with Gasteiger partial charge in [0.25, 0.3) is 0 Å². The Labute approximate surface area is 158 Å². The Morgan fingerprint density at radius 2 is 1.85 bits per heavy atom. The van der Waals surface area contributed by atoms with Gasteiger partial charge in [-0.2, -0.15) is 0 Å². The number of nitrogens with one attached hydrogen (secondary N) is 1. The van der Waals surface area contributed by atoms with Gasteiger partial charge in [0.1, 0.15) is 5.25 Å². The molecule has 0 fully saturated rings. The normalized spacial score (nSPS) is 11.6. The van der Waals surface area contributed by atoms with Crippen LogP contribution in [0.2, 0.25) is 0 Å². The summed E-state index contributed by atoms with van der Waals surface area (Å²) in [4.78, 5) is 27.9. The summed E-state index contributed by atoms with van der Waals surface area (Å²) in [7, 11) is 0. The number of amides is 1. The predicted octanol–water partition coefficient (Wildman–Crippen LogP) is 3.63. The summed E-state index contributed by atoms with van der Waals surface area (Å²) in [5.41, 5.74) is 3.07. The zero-order valence-corrected chi connectivity index (χ0v) is 15.9. The number of carbonyl (C=O) groups excluding carboxylic acids is 2. The minimum atomic E-state index is -0.375. The van der Waals surface area contributed by atoms with Gasteiger partial charge in [-0.05, 0) is 56.5 Å². The second-order valence-electron chi connectivity index (χ2n) is 5.99. The number of ether oxygens (including phenoxy) is 1. The minimum absolute atomic E-state index is 0.129. The highest BCUT2D eigenvalue weighted by Crippen LogP contribution is 2.14. The standard InChI is InChI=1S/C20H24N2O3S/c1-15-5-7-18(8-6-15)22-19(23)14-26-16(2)20(24)25-13-3-4-17-9-11-21-12-10-17/h5-12,16H,3-4,13-14H2,1-2H3,(H,22,23). The van der Waals surface area contributed by atoms with Crippen LogP contribution < -0.4 is 5.32 Å². The number of thioether (sulfide) groups is 1. The summed E-state index contributed by atoms with van der Waals surface area (Å²) in [6.45, 7) is 4.13. The van der Waals surface area contributed by atoms with Crippen molar-refractivity contribution in [2.24, 2.45) is 0 Å². The van der Waals surface area contributed by atoms with Gasteiger partial charge in [-0.1, -0.05) is 17.7 Å². The summed E-state index contributed by atoms with van der Waals surface area (Å²) in [5.74, 6) is -0.203. The van der Waals surface area contributed by atoms with Crippen molar-refractivity contribution >= 4 is 29.3 Å². The lowest BCUT2D eigenvalue weighted by atomic mass is 10.1. The van der Waals surface area contributed by atoms with Crippen molar-refractivity contribution in [1.29, 1.82) is 0 Å². The van der Waals surface area contributed by atoms with Gasteiger partial charge < -0.3 is 10.1 Å². The Kier molecular flexibility index (Phi) is 8.15. The number of carbonyl (C=O) groups is 2. The molecule has 1 aromatic heterocycles. The maximum atomic E-state index is 12.0. The van der Waals surface area contributed by atoms with Gasteiger partial charge in [0.2, 0.25) is 5.91 Å². The van der Waals surface area contributed by atoms with E-state index in [0.29, 0.717) is 6.61 Å². The molecule has 1 amide bonds. The molecule has 0 aliphatic rings. The van der Waals surface area contributed by atoms with E-state index in [1.807, 2.05) is 43.3 Å². The molecule has 0 saturated heterocycles. The van der Waals surface area contributed by atoms with E-state index in [-0.39, 0.29) is 22.9 Å². The third-order valence-corrected chi connectivity index (χ3v) is 4.86. The van der Waals surface area contributed by atoms with Crippen LogP contribution in [0.25, 0.3) is 0 Å². The van der Waals surface area contributed by atoms with Crippen LogP contribution >= 0.6 is 11.8 Å². The van der Waals surface area contributed by atoms with E-state index in [1.54, 1.807) is 19.3 Å². The van der Waals surface area contributed by atoms with Crippen LogP contribution in [0.5, 0.6) is 0 Å². The number of anilines is 1. The molecule has 0 radical (unpaired) electrons. The van der Waals surface area contributed by atoms with E-state index in [2.05, 4.69) is 10.3 Å². The molecule has 1 atom stereocenters. The first-order valence-electron chi connectivity index (χ1n) is 8.58. The van der Waals surface area contributed by atoms with Crippen LogP contribution in [0, 0.1) is 6.92 Å². The molecule has 2 rings (SSSR count). The maximum absolute atomic E-state index is 12.0. The molecule has 1 unspecified atom stereocenters. The number of nitrogens with zero attached hydrogens (tertiary/aromatic N) is 1. The number of pyridine rings is 1. The SMILES string of the molecule is Cc1ccc(NC(=O)CSC(C)C(=O)OCCCc2ccncc2)cc1. The van der Waals surface area contributed by atoms with Crippen molar-refractivity contribution < 1.29 is 14.3 Å². The number of benzene rings is 1. The maximum Gasteiger partial charge on any atom is 0.318 e. The molecular weight excluding hydrogens is 348 g/mol. The number of aryl methyl sites for hydroxylation is 2. The van der Waals surface area contributed by atoms with Crippen LogP contribution in [0.4, 0.5) is 5.69 Å². The zero-order valence-electron chi connectivity index (χ0n) is 15.1. The molecule has 6 heteroatoms. The van der Waals surface area contributed by atoms with Crippen LogP contribution in [0.1, 0.15) is 24.5 Å². The monoisotopic (exact) mass is 372 g/mol. The molecule has 0 aliphatic heterocycles. The van der Waals surface area contributed by atoms with Crippen LogP contribution in [-0.4, -0.2) is 34.5 Å². The lowest BCUT2D eigenvalue weighted by molar-refractivity contribution is -0.142. The van der Waals surface area contributed by atoms with Gasteiger partial charge in [0, 0.05) is 18.1 Å². The third kappa shape index (κ3) is 7.27. The molecule has 26 heavy (non-hydrogen) atoms. The third-order valence-electron chi connectivity index (χ3n) is 3.74. The Morgan fingerprint density at radius 3 is 2.54 bits per heavy atom. The van der Waals surface area contributed by atoms with Gasteiger partial charge in [-0.3, -0.25) is 14.6 Å². The summed E-state index contributed by atoms with van der Waals surface area (Å²) < 4.78 is 5.28. The minimum Gasteiger partial charge on any atom is -0.465 e. The average molecular weight is 372 g/mol. The largest absolute Gasteiger partial charge is 0.465 e. The molecular formula is C20H24N2O3S. The first-order chi connectivity index (χ1) is 12.5. The van der Waals surface area contributed by atoms with Crippen LogP contribution in [0.3, 0.4) is 0 Å². The highest BCUT2D eigenvalue weighted by molar-refractivity contribution is 8.01. The first-order valence-corrected chi connectivity index (χ1v) is 9.63. The van der Waals surface area contributed by atoms with Crippen molar-refractivity contribution in [2.75, 3.05) is 17.7 Å². The molecule has 0 spiro atoms. The molecule has 138 valence electrons. The van der Waals surface area contributed by atoms with Gasteiger partial charge in [-0.15, -0.1) is 11.8 Å². The van der Waals surface area contributed by atoms with Crippen molar-refractivity contribution in [2.45, 2.75) is 31.9 Å². The summed E-state index contributed by atoms with van der Waals surface area (Å²) in [6.07, 6.45) is 5.11. The fourth-order valence-electron chi connectivity index (χ4n) is 2.22. The van der Waals surface area contributed by atoms with Gasteiger partial charge in [0.05, 0.1) is 12.4 Å². The average Bonchev–Trinajstić information content (AvgIpc) is 2.66. The van der Waals surface area contributed by atoms with E-state index in [4.69, 9.17) is 4.74 Å².